The van der Waals surface area contributed by atoms with Gasteiger partial charge in [0.05, 0.1) is 13.2 Å². The fraction of sp³-hybridized carbons (Fsp3) is 0.438. The zero-order valence-electron chi connectivity index (χ0n) is 13.2. The van der Waals surface area contributed by atoms with Gasteiger partial charge in [-0.1, -0.05) is 26.8 Å². The van der Waals surface area contributed by atoms with Gasteiger partial charge in [-0.15, -0.1) is 0 Å². The second-order valence-electron chi connectivity index (χ2n) is 6.24. The highest BCUT2D eigenvalue weighted by Crippen LogP contribution is 2.40. The SMILES string of the molecule is COc1ccc(/C=C/C#N)cc1O[Si](C)(C)C(C)(C)C. The zero-order chi connectivity index (χ0) is 15.4. The van der Waals surface area contributed by atoms with Gasteiger partial charge >= 0.3 is 0 Å². The molecule has 0 fully saturated rings. The smallest absolute Gasteiger partial charge is 0.250 e. The van der Waals surface area contributed by atoms with Crippen LogP contribution in [0.15, 0.2) is 24.3 Å². The van der Waals surface area contributed by atoms with Gasteiger partial charge in [0.2, 0.25) is 0 Å². The Hall–Kier alpha value is -1.73. The number of hydrogen-bond acceptors (Lipinski definition) is 3. The first-order valence-corrected chi connectivity index (χ1v) is 9.55. The molecule has 0 N–H and O–H groups in total. The van der Waals surface area contributed by atoms with Gasteiger partial charge in [-0.3, -0.25) is 0 Å². The lowest BCUT2D eigenvalue weighted by atomic mass is 10.2. The minimum atomic E-state index is -1.92. The molecule has 0 aromatic heterocycles. The standard InChI is InChI=1S/C16H23NO2Si/c1-16(2,3)20(5,6)19-15-12-13(8-7-11-17)9-10-14(15)18-4/h7-10,12H,1-6H3/b8-7+. The molecule has 108 valence electrons. The third kappa shape index (κ3) is 3.88. The van der Waals surface area contributed by atoms with E-state index < -0.39 is 8.32 Å². The zero-order valence-corrected chi connectivity index (χ0v) is 14.2. The van der Waals surface area contributed by atoms with Gasteiger partial charge in [0.1, 0.15) is 5.75 Å². The van der Waals surface area contributed by atoms with Crippen molar-refractivity contribution in [3.05, 3.63) is 29.8 Å². The quantitative estimate of drug-likeness (QED) is 0.600. The molecule has 0 aliphatic rings. The largest absolute Gasteiger partial charge is 0.541 e. The van der Waals surface area contributed by atoms with Gasteiger partial charge < -0.3 is 9.16 Å². The summed E-state index contributed by atoms with van der Waals surface area (Å²) in [6.45, 7) is 11.0. The van der Waals surface area contributed by atoms with Crippen molar-refractivity contribution in [1.82, 2.24) is 0 Å². The van der Waals surface area contributed by atoms with Crippen LogP contribution in [0.5, 0.6) is 11.5 Å². The molecule has 0 saturated carbocycles. The highest BCUT2D eigenvalue weighted by atomic mass is 28.4. The van der Waals surface area contributed by atoms with Crippen LogP contribution in [0.2, 0.25) is 18.1 Å². The van der Waals surface area contributed by atoms with Gasteiger partial charge in [0, 0.05) is 6.08 Å². The molecule has 0 unspecified atom stereocenters. The number of rotatable bonds is 4. The van der Waals surface area contributed by atoms with Gasteiger partial charge in [0.25, 0.3) is 8.32 Å². The predicted octanol–water partition coefficient (Wildman–Crippen LogP) is 4.62. The van der Waals surface area contributed by atoms with E-state index in [1.165, 1.54) is 6.08 Å². The lowest BCUT2D eigenvalue weighted by molar-refractivity contribution is 0.386. The topological polar surface area (TPSA) is 42.2 Å². The van der Waals surface area contributed by atoms with Crippen molar-refractivity contribution in [3.8, 4) is 17.6 Å². The molecule has 0 radical (unpaired) electrons. The lowest BCUT2D eigenvalue weighted by Crippen LogP contribution is -2.43. The summed E-state index contributed by atoms with van der Waals surface area (Å²) < 4.78 is 11.7. The third-order valence-electron chi connectivity index (χ3n) is 3.71. The van der Waals surface area contributed by atoms with Crippen molar-refractivity contribution in [1.29, 1.82) is 5.26 Å². The summed E-state index contributed by atoms with van der Waals surface area (Å²) in [5, 5.41) is 8.73. The van der Waals surface area contributed by atoms with Crippen LogP contribution >= 0.6 is 0 Å². The molecule has 20 heavy (non-hydrogen) atoms. The van der Waals surface area contributed by atoms with E-state index in [0.29, 0.717) is 0 Å². The highest BCUT2D eigenvalue weighted by Gasteiger charge is 2.39. The maximum Gasteiger partial charge on any atom is 0.250 e. The Morgan fingerprint density at radius 3 is 2.35 bits per heavy atom. The number of hydrogen-bond donors (Lipinski definition) is 0. The Morgan fingerprint density at radius 1 is 1.20 bits per heavy atom. The van der Waals surface area contributed by atoms with Crippen LogP contribution in [0, 0.1) is 11.3 Å². The van der Waals surface area contributed by atoms with E-state index in [2.05, 4.69) is 33.9 Å². The van der Waals surface area contributed by atoms with E-state index in [0.717, 1.165) is 17.1 Å². The van der Waals surface area contributed by atoms with Crippen molar-refractivity contribution < 1.29 is 9.16 Å². The summed E-state index contributed by atoms with van der Waals surface area (Å²) in [6, 6.07) is 7.70. The molecule has 3 nitrogen and oxygen atoms in total. The van der Waals surface area contributed by atoms with Crippen LogP contribution in [0.1, 0.15) is 26.3 Å². The molecule has 0 saturated heterocycles. The molecule has 4 heteroatoms. The average Bonchev–Trinajstić information content (AvgIpc) is 2.34. The van der Waals surface area contributed by atoms with Gasteiger partial charge in [-0.25, -0.2) is 0 Å². The fourth-order valence-electron chi connectivity index (χ4n) is 1.44. The molecule has 0 atom stereocenters. The van der Waals surface area contributed by atoms with Crippen molar-refractivity contribution in [2.75, 3.05) is 7.11 Å². The number of benzene rings is 1. The highest BCUT2D eigenvalue weighted by molar-refractivity contribution is 6.74. The minimum absolute atomic E-state index is 0.122. The Labute approximate surface area is 123 Å². The Bertz CT molecular complexity index is 536. The molecule has 0 heterocycles. The maximum absolute atomic E-state index is 8.60. The third-order valence-corrected chi connectivity index (χ3v) is 8.05. The van der Waals surface area contributed by atoms with Gasteiger partial charge in [-0.2, -0.15) is 5.26 Å². The van der Waals surface area contributed by atoms with Gasteiger partial charge in [-0.05, 0) is 41.9 Å². The molecule has 1 aromatic carbocycles. The normalized spacial score (nSPS) is 12.2. The monoisotopic (exact) mass is 289 g/mol. The van der Waals surface area contributed by atoms with Crippen LogP contribution in [0.25, 0.3) is 6.08 Å². The molecule has 1 rings (SSSR count). The minimum Gasteiger partial charge on any atom is -0.541 e. The summed E-state index contributed by atoms with van der Waals surface area (Å²) >= 11 is 0. The predicted molar refractivity (Wildman–Crippen MR) is 85.5 cm³/mol. The van der Waals surface area contributed by atoms with Crippen LogP contribution in [0.4, 0.5) is 0 Å². The number of ether oxygens (including phenoxy) is 1. The number of allylic oxidation sites excluding steroid dienone is 1. The van der Waals surface area contributed by atoms with Crippen molar-refractivity contribution in [2.45, 2.75) is 38.9 Å². The molecular weight excluding hydrogens is 266 g/mol. The summed E-state index contributed by atoms with van der Waals surface area (Å²) in [6.07, 6.45) is 3.22. The van der Waals surface area contributed by atoms with Crippen LogP contribution in [-0.2, 0) is 0 Å². The summed E-state index contributed by atoms with van der Waals surface area (Å²) in [7, 11) is -0.279. The van der Waals surface area contributed by atoms with Gasteiger partial charge in [0.15, 0.2) is 5.75 Å². The lowest BCUT2D eigenvalue weighted by Gasteiger charge is -2.36. The summed E-state index contributed by atoms with van der Waals surface area (Å²) in [5.74, 6) is 1.48. The van der Waals surface area contributed by atoms with E-state index in [1.54, 1.807) is 13.2 Å². The molecule has 0 bridgehead atoms. The first-order chi connectivity index (χ1) is 9.21. The Morgan fingerprint density at radius 2 is 1.85 bits per heavy atom. The second-order valence-corrected chi connectivity index (χ2v) is 11.0. The molecular formula is C16H23NO2Si. The number of methoxy groups -OCH3 is 1. The first-order valence-electron chi connectivity index (χ1n) is 6.64. The average molecular weight is 289 g/mol. The van der Waals surface area contributed by atoms with Crippen molar-refractivity contribution in [2.24, 2.45) is 0 Å². The maximum atomic E-state index is 8.60. The second kappa shape index (κ2) is 6.15. The van der Waals surface area contributed by atoms with E-state index in [4.69, 9.17) is 14.4 Å². The van der Waals surface area contributed by atoms with Crippen molar-refractivity contribution in [3.63, 3.8) is 0 Å². The van der Waals surface area contributed by atoms with E-state index >= 15 is 0 Å². The van der Waals surface area contributed by atoms with Crippen molar-refractivity contribution >= 4 is 14.4 Å². The molecule has 0 aliphatic heterocycles. The first kappa shape index (κ1) is 16.3. The molecule has 0 amide bonds. The molecule has 1 aromatic rings. The summed E-state index contributed by atoms with van der Waals surface area (Å²) in [5.41, 5.74) is 0.932. The van der Waals surface area contributed by atoms with E-state index in [9.17, 15) is 0 Å². The Kier molecular flexibility index (Phi) is 5.02. The van der Waals surface area contributed by atoms with Crippen LogP contribution in [0.3, 0.4) is 0 Å². The summed E-state index contributed by atoms with van der Waals surface area (Å²) in [4.78, 5) is 0. The van der Waals surface area contributed by atoms with Crippen LogP contribution in [-0.4, -0.2) is 15.4 Å². The molecule has 0 aliphatic carbocycles. The number of nitriles is 1. The van der Waals surface area contributed by atoms with Crippen LogP contribution < -0.4 is 9.16 Å². The molecule has 0 spiro atoms. The van der Waals surface area contributed by atoms with E-state index in [1.807, 2.05) is 24.3 Å². The van der Waals surface area contributed by atoms with E-state index in [-0.39, 0.29) is 5.04 Å². The Balaban J connectivity index is 3.16. The fourth-order valence-corrected chi connectivity index (χ4v) is 2.45. The number of nitrogens with zero attached hydrogens (tertiary/aromatic N) is 1.